The number of nitrogens with zero attached hydrogens (tertiary/aromatic N) is 1. The first-order valence-corrected chi connectivity index (χ1v) is 9.89. The third kappa shape index (κ3) is 7.17. The molecular formula is C19H25N2O3S+. The van der Waals surface area contributed by atoms with Crippen molar-refractivity contribution >= 4 is 15.8 Å². The van der Waals surface area contributed by atoms with E-state index in [4.69, 9.17) is 0 Å². The topological polar surface area (TPSA) is 64.7 Å². The number of nitrogens with one attached hydrogen (secondary N) is 1. The average molecular weight is 361 g/mol. The second-order valence-electron chi connectivity index (χ2n) is 6.28. The molecule has 0 bridgehead atoms. The highest BCUT2D eigenvalue weighted by atomic mass is 32.2. The molecule has 0 saturated heterocycles. The van der Waals surface area contributed by atoms with Gasteiger partial charge in [0.05, 0.1) is 29.1 Å². The molecule has 6 heteroatoms. The molecule has 0 aromatic rings. The molecule has 0 aromatic carbocycles. The van der Waals surface area contributed by atoms with Crippen LogP contribution in [0, 0.1) is 0 Å². The van der Waals surface area contributed by atoms with Crippen molar-refractivity contribution in [2.24, 2.45) is 0 Å². The number of hydrogen-bond donors (Lipinski definition) is 1. The van der Waals surface area contributed by atoms with E-state index in [0.29, 0.717) is 12.8 Å². The molecule has 134 valence electrons. The molecule has 1 aliphatic carbocycles. The van der Waals surface area contributed by atoms with E-state index in [1.165, 1.54) is 5.71 Å². The summed E-state index contributed by atoms with van der Waals surface area (Å²) in [6.07, 6.45) is 21.8. The SMILES string of the molecule is C[N+](C)=C1C=CC(=CC=C2C=C[NH+](CCCCS(=O)(=O)[O-])C=C2)C=C1. The molecule has 25 heavy (non-hydrogen) atoms. The molecule has 0 spiro atoms. The summed E-state index contributed by atoms with van der Waals surface area (Å²) in [5.74, 6) is -0.277. The van der Waals surface area contributed by atoms with Crippen LogP contribution in [0.15, 0.2) is 72.2 Å². The molecule has 2 aliphatic rings. The van der Waals surface area contributed by atoms with Crippen molar-refractivity contribution < 1.29 is 22.4 Å². The lowest BCUT2D eigenvalue weighted by molar-refractivity contribution is -0.791. The zero-order valence-corrected chi connectivity index (χ0v) is 15.5. The summed E-state index contributed by atoms with van der Waals surface area (Å²) in [6.45, 7) is 0.783. The van der Waals surface area contributed by atoms with Gasteiger partial charge in [0.2, 0.25) is 0 Å². The second kappa shape index (κ2) is 8.89. The third-order valence-electron chi connectivity index (χ3n) is 3.97. The summed E-state index contributed by atoms with van der Waals surface area (Å²) in [5, 5.41) is 0. The maximum atomic E-state index is 10.6. The molecule has 5 nitrogen and oxygen atoms in total. The predicted molar refractivity (Wildman–Crippen MR) is 99.5 cm³/mol. The first-order chi connectivity index (χ1) is 11.8. The molecule has 0 unspecified atom stereocenters. The molecule has 0 fully saturated rings. The van der Waals surface area contributed by atoms with E-state index < -0.39 is 10.1 Å². The molecule has 1 N–H and O–H groups in total. The first kappa shape index (κ1) is 19.3. The van der Waals surface area contributed by atoms with E-state index >= 15 is 0 Å². The van der Waals surface area contributed by atoms with Gasteiger partial charge in [0.25, 0.3) is 0 Å². The Hall–Kier alpha value is -2.02. The molecular weight excluding hydrogens is 336 g/mol. The van der Waals surface area contributed by atoms with Gasteiger partial charge in [-0.3, -0.25) is 4.90 Å². The molecule has 0 aromatic heterocycles. The minimum absolute atomic E-state index is 0.277. The fraction of sp³-hybridized carbons (Fsp3) is 0.316. The van der Waals surface area contributed by atoms with Crippen LogP contribution in [-0.2, 0) is 10.1 Å². The smallest absolute Gasteiger partial charge is 0.199 e. The van der Waals surface area contributed by atoms with Crippen molar-refractivity contribution in [1.82, 2.24) is 0 Å². The summed E-state index contributed by atoms with van der Waals surface area (Å²) in [5.41, 5.74) is 3.43. The monoisotopic (exact) mass is 361 g/mol. The van der Waals surface area contributed by atoms with Crippen LogP contribution >= 0.6 is 0 Å². The van der Waals surface area contributed by atoms with Crippen molar-refractivity contribution in [3.8, 4) is 0 Å². The summed E-state index contributed by atoms with van der Waals surface area (Å²) in [7, 11) is -0.0486. The number of allylic oxidation sites excluding steroid dienone is 10. The summed E-state index contributed by atoms with van der Waals surface area (Å²) in [6, 6.07) is 0. The maximum Gasteiger partial charge on any atom is 0.199 e. The van der Waals surface area contributed by atoms with Crippen molar-refractivity contribution in [3.63, 3.8) is 0 Å². The van der Waals surface area contributed by atoms with Gasteiger partial charge in [0.15, 0.2) is 5.71 Å². The van der Waals surface area contributed by atoms with E-state index in [1.54, 1.807) is 0 Å². The molecule has 0 radical (unpaired) electrons. The van der Waals surface area contributed by atoms with Crippen LogP contribution in [0.25, 0.3) is 0 Å². The Labute approximate surface area is 150 Å². The van der Waals surface area contributed by atoms with Gasteiger partial charge in [0, 0.05) is 17.9 Å². The van der Waals surface area contributed by atoms with Crippen LogP contribution in [0.2, 0.25) is 0 Å². The number of hydrogen-bond acceptors (Lipinski definition) is 3. The summed E-state index contributed by atoms with van der Waals surface area (Å²) >= 11 is 0. The van der Waals surface area contributed by atoms with E-state index in [9.17, 15) is 13.0 Å². The normalized spacial score (nSPS) is 19.5. The Bertz CT molecular complexity index is 772. The van der Waals surface area contributed by atoms with Crippen molar-refractivity contribution in [3.05, 3.63) is 72.2 Å². The second-order valence-corrected chi connectivity index (χ2v) is 7.80. The van der Waals surface area contributed by atoms with Crippen molar-refractivity contribution in [2.45, 2.75) is 12.8 Å². The van der Waals surface area contributed by atoms with Crippen LogP contribution in [0.4, 0.5) is 0 Å². The third-order valence-corrected chi connectivity index (χ3v) is 4.76. The van der Waals surface area contributed by atoms with E-state index in [2.05, 4.69) is 41.0 Å². The lowest BCUT2D eigenvalue weighted by Crippen LogP contribution is -3.03. The zero-order chi connectivity index (χ0) is 18.3. The fourth-order valence-electron chi connectivity index (χ4n) is 2.48. The van der Waals surface area contributed by atoms with E-state index in [0.717, 1.165) is 22.6 Å². The van der Waals surface area contributed by atoms with Crippen LogP contribution in [0.5, 0.6) is 0 Å². The van der Waals surface area contributed by atoms with Crippen molar-refractivity contribution in [1.29, 1.82) is 0 Å². The quantitative estimate of drug-likeness (QED) is 0.435. The van der Waals surface area contributed by atoms with Gasteiger partial charge < -0.3 is 4.55 Å². The Kier molecular flexibility index (Phi) is 6.87. The molecule has 1 aliphatic heterocycles. The van der Waals surface area contributed by atoms with Crippen LogP contribution in [0.1, 0.15) is 12.8 Å². The van der Waals surface area contributed by atoms with Gasteiger partial charge in [0.1, 0.15) is 14.1 Å². The fourth-order valence-corrected chi connectivity index (χ4v) is 3.04. The molecule has 0 saturated carbocycles. The largest absolute Gasteiger partial charge is 0.748 e. The number of rotatable bonds is 6. The van der Waals surface area contributed by atoms with Gasteiger partial charge in [-0.2, -0.15) is 0 Å². The van der Waals surface area contributed by atoms with E-state index in [1.807, 2.05) is 38.6 Å². The maximum absolute atomic E-state index is 10.6. The molecule has 0 amide bonds. The van der Waals surface area contributed by atoms with Crippen LogP contribution in [0.3, 0.4) is 0 Å². The minimum atomic E-state index is -4.09. The first-order valence-electron chi connectivity index (χ1n) is 8.31. The van der Waals surface area contributed by atoms with E-state index in [-0.39, 0.29) is 5.75 Å². The zero-order valence-electron chi connectivity index (χ0n) is 14.7. The highest BCUT2D eigenvalue weighted by molar-refractivity contribution is 7.85. The Morgan fingerprint density at radius 1 is 0.960 bits per heavy atom. The minimum Gasteiger partial charge on any atom is -0.748 e. The molecule has 0 atom stereocenters. The van der Waals surface area contributed by atoms with Crippen LogP contribution < -0.4 is 4.90 Å². The van der Waals surface area contributed by atoms with Gasteiger partial charge >= 0.3 is 0 Å². The Morgan fingerprint density at radius 2 is 1.52 bits per heavy atom. The van der Waals surface area contributed by atoms with Crippen LogP contribution in [-0.4, -0.2) is 49.7 Å². The van der Waals surface area contributed by atoms with Crippen molar-refractivity contribution in [2.75, 3.05) is 26.4 Å². The lowest BCUT2D eigenvalue weighted by Gasteiger charge is -2.13. The standard InChI is InChI=1S/C19H24N2O3S/c1-20(2)19-9-7-17(8-10-19)5-6-18-11-14-21(15-12-18)13-3-4-16-25(22,23)24/h5-12,14-15H,3-4,13,16H2,1-2H3/p+1. The predicted octanol–water partition coefficient (Wildman–Crippen LogP) is 0.930. The highest BCUT2D eigenvalue weighted by Gasteiger charge is 2.07. The Morgan fingerprint density at radius 3 is 2.04 bits per heavy atom. The van der Waals surface area contributed by atoms with Gasteiger partial charge in [-0.05, 0) is 48.3 Å². The number of quaternary nitrogens is 1. The summed E-state index contributed by atoms with van der Waals surface area (Å²) < 4.78 is 33.8. The Balaban J connectivity index is 1.83. The number of unbranched alkanes of at least 4 members (excludes halogenated alkanes) is 1. The molecule has 2 rings (SSSR count). The highest BCUT2D eigenvalue weighted by Crippen LogP contribution is 2.09. The van der Waals surface area contributed by atoms with Gasteiger partial charge in [-0.15, -0.1) is 0 Å². The average Bonchev–Trinajstić information content (AvgIpc) is 2.57. The lowest BCUT2D eigenvalue weighted by atomic mass is 10.1. The molecule has 1 heterocycles. The van der Waals surface area contributed by atoms with Gasteiger partial charge in [-0.25, -0.2) is 13.0 Å². The van der Waals surface area contributed by atoms with Gasteiger partial charge in [-0.1, -0.05) is 12.2 Å². The summed E-state index contributed by atoms with van der Waals surface area (Å²) in [4.78, 5) is 1.15.